The first-order valence-electron chi connectivity index (χ1n) is 12.1. The first-order valence-corrected chi connectivity index (χ1v) is 13.5. The highest BCUT2D eigenvalue weighted by Crippen LogP contribution is 2.13. The van der Waals surface area contributed by atoms with Gasteiger partial charge in [-0.25, -0.2) is 4.79 Å². The second-order valence-electron chi connectivity index (χ2n) is 9.25. The number of aromatic hydroxyl groups is 1. The van der Waals surface area contributed by atoms with E-state index in [0.717, 1.165) is 0 Å². The van der Waals surface area contributed by atoms with Crippen molar-refractivity contribution in [2.45, 2.75) is 71.1 Å². The van der Waals surface area contributed by atoms with E-state index in [4.69, 9.17) is 5.73 Å². The molecule has 5 atom stereocenters. The van der Waals surface area contributed by atoms with Gasteiger partial charge >= 0.3 is 5.97 Å². The Bertz CT molecular complexity index is 880. The molecule has 0 radical (unpaired) electrons. The maximum Gasteiger partial charge on any atom is 0.326 e. The third-order valence-corrected chi connectivity index (χ3v) is 6.68. The first kappa shape index (κ1) is 31.2. The van der Waals surface area contributed by atoms with Gasteiger partial charge < -0.3 is 31.9 Å². The number of amides is 3. The van der Waals surface area contributed by atoms with E-state index < -0.39 is 47.9 Å². The Hall–Kier alpha value is -2.79. The summed E-state index contributed by atoms with van der Waals surface area (Å²) < 4.78 is 0. The lowest BCUT2D eigenvalue weighted by atomic mass is 9.98. The van der Waals surface area contributed by atoms with Crippen LogP contribution in [0.1, 0.15) is 46.1 Å². The molecular formula is C25H40N4O6S. The van der Waals surface area contributed by atoms with Crippen molar-refractivity contribution in [2.24, 2.45) is 17.6 Å². The monoisotopic (exact) mass is 524 g/mol. The molecule has 0 aliphatic rings. The molecule has 0 fully saturated rings. The molecule has 1 aromatic carbocycles. The SMILES string of the molecule is CCC(C)C(N)C(=O)NC(CCSC)C(=O)NC(C(=O)NC(Cc1ccc(O)cc1)C(=O)O)C(C)C. The minimum absolute atomic E-state index is 0.0000218. The number of phenolic OH excluding ortho intramolecular Hbond substituents is 1. The molecule has 11 heteroatoms. The predicted octanol–water partition coefficient (Wildman–Crippen LogP) is 1.26. The van der Waals surface area contributed by atoms with E-state index in [0.29, 0.717) is 24.2 Å². The molecule has 3 amide bonds. The molecule has 0 aromatic heterocycles. The van der Waals surface area contributed by atoms with Crippen molar-refractivity contribution in [3.8, 4) is 5.75 Å². The average Bonchev–Trinajstić information content (AvgIpc) is 2.84. The van der Waals surface area contributed by atoms with E-state index >= 15 is 0 Å². The highest BCUT2D eigenvalue weighted by Gasteiger charge is 2.32. The number of carboxylic acid groups (broad SMARTS) is 1. The fraction of sp³-hybridized carbons (Fsp3) is 0.600. The summed E-state index contributed by atoms with van der Waals surface area (Å²) in [5.74, 6) is -2.61. The number of hydrogen-bond donors (Lipinski definition) is 6. The van der Waals surface area contributed by atoms with Crippen LogP contribution >= 0.6 is 11.8 Å². The lowest BCUT2D eigenvalue weighted by Crippen LogP contribution is -2.59. The van der Waals surface area contributed by atoms with Crippen LogP contribution in [-0.2, 0) is 25.6 Å². The molecule has 0 bridgehead atoms. The van der Waals surface area contributed by atoms with Crippen LogP contribution in [-0.4, -0.2) is 70.1 Å². The first-order chi connectivity index (χ1) is 16.9. The number of carboxylic acids is 1. The van der Waals surface area contributed by atoms with E-state index in [2.05, 4.69) is 16.0 Å². The largest absolute Gasteiger partial charge is 0.508 e. The summed E-state index contributed by atoms with van der Waals surface area (Å²) in [7, 11) is 0. The van der Waals surface area contributed by atoms with E-state index in [1.54, 1.807) is 26.0 Å². The second kappa shape index (κ2) is 15.4. The molecule has 0 spiro atoms. The van der Waals surface area contributed by atoms with Crippen molar-refractivity contribution in [3.63, 3.8) is 0 Å². The Morgan fingerprint density at radius 1 is 0.944 bits per heavy atom. The van der Waals surface area contributed by atoms with Crippen molar-refractivity contribution in [3.05, 3.63) is 29.8 Å². The zero-order valence-electron chi connectivity index (χ0n) is 21.6. The van der Waals surface area contributed by atoms with Crippen LogP contribution in [0.3, 0.4) is 0 Å². The van der Waals surface area contributed by atoms with E-state index in [-0.39, 0.29) is 24.0 Å². The lowest BCUT2D eigenvalue weighted by Gasteiger charge is -2.27. The van der Waals surface area contributed by atoms with Crippen molar-refractivity contribution in [1.82, 2.24) is 16.0 Å². The van der Waals surface area contributed by atoms with Gasteiger partial charge in [-0.15, -0.1) is 0 Å². The summed E-state index contributed by atoms with van der Waals surface area (Å²) in [6.45, 7) is 7.24. The summed E-state index contributed by atoms with van der Waals surface area (Å²) in [5, 5.41) is 27.0. The van der Waals surface area contributed by atoms with Gasteiger partial charge in [0.1, 0.15) is 23.9 Å². The van der Waals surface area contributed by atoms with Crippen LogP contribution in [0.5, 0.6) is 5.75 Å². The van der Waals surface area contributed by atoms with E-state index in [9.17, 15) is 29.4 Å². The zero-order valence-corrected chi connectivity index (χ0v) is 22.4. The standard InChI is InChI=1S/C25H40N4O6S/c1-6-15(4)20(26)23(32)27-18(11-12-36-5)22(31)29-21(14(2)3)24(33)28-19(25(34)35)13-16-7-9-17(30)10-8-16/h7-10,14-15,18-21,30H,6,11-13,26H2,1-5H3,(H,27,32)(H,28,33)(H,29,31)(H,34,35). The van der Waals surface area contributed by atoms with Crippen LogP contribution in [0.2, 0.25) is 0 Å². The summed E-state index contributed by atoms with van der Waals surface area (Å²) in [6.07, 6.45) is 2.93. The Balaban J connectivity index is 2.96. The molecule has 0 heterocycles. The number of carbonyl (C=O) groups excluding carboxylic acids is 3. The molecule has 10 nitrogen and oxygen atoms in total. The number of nitrogens with two attached hydrogens (primary N) is 1. The van der Waals surface area contributed by atoms with Gasteiger partial charge in [-0.3, -0.25) is 14.4 Å². The van der Waals surface area contributed by atoms with Gasteiger partial charge in [-0.05, 0) is 48.0 Å². The third kappa shape index (κ3) is 10.1. The Morgan fingerprint density at radius 3 is 2.03 bits per heavy atom. The molecule has 0 saturated carbocycles. The van der Waals surface area contributed by atoms with Gasteiger partial charge in [0, 0.05) is 6.42 Å². The number of aliphatic carboxylic acids is 1. The smallest absolute Gasteiger partial charge is 0.326 e. The predicted molar refractivity (Wildman–Crippen MR) is 141 cm³/mol. The van der Waals surface area contributed by atoms with Gasteiger partial charge in [0.15, 0.2) is 0 Å². The number of phenols is 1. The summed E-state index contributed by atoms with van der Waals surface area (Å²) in [4.78, 5) is 50.6. The number of rotatable bonds is 15. The van der Waals surface area contributed by atoms with Crippen molar-refractivity contribution in [1.29, 1.82) is 0 Å². The van der Waals surface area contributed by atoms with Gasteiger partial charge in [0.05, 0.1) is 6.04 Å². The molecule has 0 aliphatic carbocycles. The minimum atomic E-state index is -1.24. The molecule has 5 unspecified atom stereocenters. The highest BCUT2D eigenvalue weighted by molar-refractivity contribution is 7.98. The van der Waals surface area contributed by atoms with Crippen molar-refractivity contribution in [2.75, 3.05) is 12.0 Å². The Kier molecular flexibility index (Phi) is 13.3. The number of hydrogen-bond acceptors (Lipinski definition) is 7. The maximum atomic E-state index is 13.1. The average molecular weight is 525 g/mol. The molecule has 1 aromatic rings. The van der Waals surface area contributed by atoms with Crippen LogP contribution in [0.15, 0.2) is 24.3 Å². The highest BCUT2D eigenvalue weighted by atomic mass is 32.2. The Labute approximate surface area is 217 Å². The zero-order chi connectivity index (χ0) is 27.4. The summed E-state index contributed by atoms with van der Waals surface area (Å²) >= 11 is 1.52. The summed E-state index contributed by atoms with van der Waals surface area (Å²) in [6, 6.07) is 2.11. The van der Waals surface area contributed by atoms with Crippen LogP contribution in [0.25, 0.3) is 0 Å². The number of carbonyl (C=O) groups is 4. The van der Waals surface area contributed by atoms with Crippen LogP contribution < -0.4 is 21.7 Å². The third-order valence-electron chi connectivity index (χ3n) is 6.04. The van der Waals surface area contributed by atoms with E-state index in [1.807, 2.05) is 20.1 Å². The number of nitrogens with one attached hydrogen (secondary N) is 3. The molecule has 0 aliphatic heterocycles. The fourth-order valence-electron chi connectivity index (χ4n) is 3.40. The number of benzene rings is 1. The molecule has 1 rings (SSSR count). The maximum absolute atomic E-state index is 13.1. The second-order valence-corrected chi connectivity index (χ2v) is 10.2. The van der Waals surface area contributed by atoms with Crippen molar-refractivity contribution < 1.29 is 29.4 Å². The summed E-state index contributed by atoms with van der Waals surface area (Å²) in [5.41, 5.74) is 6.63. The normalized spacial score (nSPS) is 15.3. The van der Waals surface area contributed by atoms with Crippen LogP contribution in [0, 0.1) is 11.8 Å². The molecular weight excluding hydrogens is 484 g/mol. The Morgan fingerprint density at radius 2 is 1.53 bits per heavy atom. The molecule has 0 saturated heterocycles. The van der Waals surface area contributed by atoms with Crippen LogP contribution in [0.4, 0.5) is 0 Å². The molecule has 36 heavy (non-hydrogen) atoms. The number of thioether (sulfide) groups is 1. The van der Waals surface area contributed by atoms with Gasteiger partial charge in [-0.1, -0.05) is 46.2 Å². The molecule has 202 valence electrons. The van der Waals surface area contributed by atoms with Gasteiger partial charge in [0.25, 0.3) is 0 Å². The van der Waals surface area contributed by atoms with E-state index in [1.165, 1.54) is 23.9 Å². The topological polar surface area (TPSA) is 171 Å². The fourth-order valence-corrected chi connectivity index (χ4v) is 3.87. The van der Waals surface area contributed by atoms with Gasteiger partial charge in [0.2, 0.25) is 17.7 Å². The molecule has 7 N–H and O–H groups in total. The lowest BCUT2D eigenvalue weighted by molar-refractivity contribution is -0.142. The van der Waals surface area contributed by atoms with Gasteiger partial charge in [-0.2, -0.15) is 11.8 Å². The van der Waals surface area contributed by atoms with Crippen molar-refractivity contribution >= 4 is 35.5 Å². The quantitative estimate of drug-likeness (QED) is 0.199. The minimum Gasteiger partial charge on any atom is -0.508 e.